The van der Waals surface area contributed by atoms with Gasteiger partial charge in [0.1, 0.15) is 17.5 Å². The van der Waals surface area contributed by atoms with Crippen molar-refractivity contribution in [1.82, 2.24) is 44.7 Å². The molecule has 0 N–H and O–H groups in total. The number of pyridine rings is 1. The van der Waals surface area contributed by atoms with Gasteiger partial charge in [-0.2, -0.15) is 5.10 Å². The molecule has 13 heteroatoms. The fourth-order valence-electron chi connectivity index (χ4n) is 4.44. The SMILES string of the molecule is CC(C)(C)c1cccc(OC(F)(F)F)n1.CCn1ccc(C(C)(C)C)n1.Cc1ccnc(C(C)(C)C)n1.Cc1ccnc(C(C)(C)C)n1.Cc1nccc(C(C)(C)C)n1. The van der Waals surface area contributed by atoms with Crippen molar-refractivity contribution in [3.63, 3.8) is 0 Å². The van der Waals surface area contributed by atoms with Gasteiger partial charge in [0.05, 0.1) is 5.69 Å². The van der Waals surface area contributed by atoms with Gasteiger partial charge in [-0.3, -0.25) is 4.68 Å². The van der Waals surface area contributed by atoms with E-state index in [1.54, 1.807) is 6.07 Å². The summed E-state index contributed by atoms with van der Waals surface area (Å²) in [5.74, 6) is 2.25. The van der Waals surface area contributed by atoms with Gasteiger partial charge in [0.15, 0.2) is 0 Å². The second-order valence-corrected chi connectivity index (χ2v) is 19.2. The Morgan fingerprint density at radius 3 is 1.25 bits per heavy atom. The number of aromatic nitrogens is 9. The quantitative estimate of drug-likeness (QED) is 0.171. The molecule has 59 heavy (non-hydrogen) atoms. The summed E-state index contributed by atoms with van der Waals surface area (Å²) in [4.78, 5) is 29.2. The van der Waals surface area contributed by atoms with E-state index in [1.165, 1.54) is 17.8 Å². The summed E-state index contributed by atoms with van der Waals surface area (Å²) in [6.07, 6.45) is 2.76. The van der Waals surface area contributed by atoms with Gasteiger partial charge in [-0.25, -0.2) is 34.9 Å². The zero-order chi connectivity index (χ0) is 45.6. The number of hydrogen-bond acceptors (Lipinski definition) is 9. The van der Waals surface area contributed by atoms with Crippen LogP contribution < -0.4 is 4.74 Å². The van der Waals surface area contributed by atoms with E-state index in [0.717, 1.165) is 41.1 Å². The summed E-state index contributed by atoms with van der Waals surface area (Å²) < 4.78 is 41.4. The second-order valence-electron chi connectivity index (χ2n) is 19.2. The van der Waals surface area contributed by atoms with E-state index in [4.69, 9.17) is 0 Å². The maximum Gasteiger partial charge on any atom is 0.574 e. The number of alkyl halides is 3. The number of rotatable bonds is 2. The van der Waals surface area contributed by atoms with Crippen LogP contribution in [0.5, 0.6) is 5.88 Å². The topological polar surface area (TPSA) is 117 Å². The Morgan fingerprint density at radius 2 is 0.949 bits per heavy atom. The van der Waals surface area contributed by atoms with Crippen molar-refractivity contribution in [2.24, 2.45) is 0 Å². The third-order valence-electron chi connectivity index (χ3n) is 7.92. The molecule has 0 aliphatic carbocycles. The van der Waals surface area contributed by atoms with Crippen LogP contribution in [-0.4, -0.2) is 51.0 Å². The van der Waals surface area contributed by atoms with Crippen molar-refractivity contribution in [3.05, 3.63) is 113 Å². The number of nitrogens with zero attached hydrogens (tertiary/aromatic N) is 9. The van der Waals surface area contributed by atoms with Crippen LogP contribution >= 0.6 is 0 Å². The summed E-state index contributed by atoms with van der Waals surface area (Å²) in [5.41, 5.74) is 5.03. The molecule has 5 aromatic rings. The van der Waals surface area contributed by atoms with Crippen LogP contribution in [-0.2, 0) is 33.6 Å². The molecule has 5 aromatic heterocycles. The smallest absolute Gasteiger partial charge is 0.388 e. The molecule has 0 unspecified atom stereocenters. The van der Waals surface area contributed by atoms with Gasteiger partial charge in [-0.05, 0) is 58.0 Å². The molecule has 0 aliphatic heterocycles. The molecule has 0 saturated heterocycles. The normalized spacial score (nSPS) is 12.0. The average molecular weight is 822 g/mol. The number of aryl methyl sites for hydroxylation is 4. The summed E-state index contributed by atoms with van der Waals surface area (Å²) in [6.45, 7) is 40.2. The van der Waals surface area contributed by atoms with Crippen molar-refractivity contribution in [2.75, 3.05) is 0 Å². The van der Waals surface area contributed by atoms with Crippen LogP contribution in [0.2, 0.25) is 0 Å². The van der Waals surface area contributed by atoms with Gasteiger partial charge in [0.25, 0.3) is 0 Å². The predicted octanol–water partition coefficient (Wildman–Crippen LogP) is 11.7. The van der Waals surface area contributed by atoms with Gasteiger partial charge in [0, 0.05) is 87.2 Å². The van der Waals surface area contributed by atoms with Gasteiger partial charge in [0.2, 0.25) is 5.88 Å². The molecule has 0 aromatic carbocycles. The summed E-state index contributed by atoms with van der Waals surface area (Å²) in [5, 5.41) is 4.42. The molecule has 0 amide bonds. The zero-order valence-electron chi connectivity index (χ0n) is 39.1. The first kappa shape index (κ1) is 52.2. The highest BCUT2D eigenvalue weighted by Gasteiger charge is 2.32. The first-order chi connectivity index (χ1) is 26.7. The van der Waals surface area contributed by atoms with E-state index in [0.29, 0.717) is 5.69 Å². The van der Waals surface area contributed by atoms with Gasteiger partial charge in [-0.15, -0.1) is 13.2 Å². The lowest BCUT2D eigenvalue weighted by Gasteiger charge is -2.18. The molecule has 10 nitrogen and oxygen atoms in total. The molecular weight excluding hydrogens is 752 g/mol. The van der Waals surface area contributed by atoms with Crippen LogP contribution in [0, 0.1) is 20.8 Å². The van der Waals surface area contributed by atoms with E-state index in [-0.39, 0.29) is 27.1 Å². The lowest BCUT2D eigenvalue weighted by atomic mass is 9.92. The van der Waals surface area contributed by atoms with Crippen LogP contribution in [0.1, 0.15) is 157 Å². The van der Waals surface area contributed by atoms with Crippen molar-refractivity contribution in [3.8, 4) is 5.88 Å². The Morgan fingerprint density at radius 1 is 0.508 bits per heavy atom. The molecule has 0 fully saturated rings. The standard InChI is InChI=1S/C10H12F3NO.3C9H14N2.C9H16N2/c1-9(2,3)7-5-4-6-8(14-7)15-10(11,12)13;1-7-10-6-5-8(11-7)9(2,3)4;2*1-7-5-6-10-8(11-7)9(2,3)4;1-5-11-7-6-8(10-11)9(2,3)4/h4-6H,1-3H3;3*5-6H,1-4H3;6-7H,5H2,1-4H3. The second kappa shape index (κ2) is 21.4. The molecule has 0 atom stereocenters. The van der Waals surface area contributed by atoms with Crippen molar-refractivity contribution < 1.29 is 17.9 Å². The van der Waals surface area contributed by atoms with Crippen LogP contribution in [0.4, 0.5) is 13.2 Å². The van der Waals surface area contributed by atoms with E-state index in [9.17, 15) is 13.2 Å². The first-order valence-corrected chi connectivity index (χ1v) is 19.9. The van der Waals surface area contributed by atoms with Gasteiger partial charge < -0.3 is 4.74 Å². The Kier molecular flexibility index (Phi) is 19.0. The fourth-order valence-corrected chi connectivity index (χ4v) is 4.44. The minimum atomic E-state index is -4.69. The molecule has 0 bridgehead atoms. The van der Waals surface area contributed by atoms with E-state index in [1.807, 2.05) is 89.2 Å². The number of ether oxygens (including phenoxy) is 1. The summed E-state index contributed by atoms with van der Waals surface area (Å²) in [7, 11) is 0. The van der Waals surface area contributed by atoms with Crippen LogP contribution in [0.15, 0.2) is 67.3 Å². The average Bonchev–Trinajstić information content (AvgIpc) is 3.58. The zero-order valence-corrected chi connectivity index (χ0v) is 39.1. The lowest BCUT2D eigenvalue weighted by Crippen LogP contribution is -2.20. The highest BCUT2D eigenvalue weighted by molar-refractivity contribution is 5.21. The molecule has 5 heterocycles. The van der Waals surface area contributed by atoms with E-state index in [2.05, 4.69) is 141 Å². The predicted molar refractivity (Wildman–Crippen MR) is 233 cm³/mol. The Bertz CT molecular complexity index is 1860. The van der Waals surface area contributed by atoms with Crippen LogP contribution in [0.25, 0.3) is 0 Å². The molecular formula is C46H70F3N9O. The van der Waals surface area contributed by atoms with Crippen molar-refractivity contribution >= 4 is 0 Å². The number of halogens is 3. The Labute approximate surface area is 352 Å². The largest absolute Gasteiger partial charge is 0.574 e. The third-order valence-corrected chi connectivity index (χ3v) is 7.92. The van der Waals surface area contributed by atoms with Gasteiger partial charge >= 0.3 is 6.36 Å². The van der Waals surface area contributed by atoms with Crippen molar-refractivity contribution in [2.45, 2.75) is 172 Å². The van der Waals surface area contributed by atoms with E-state index >= 15 is 0 Å². The minimum absolute atomic E-state index is 0.0615. The lowest BCUT2D eigenvalue weighted by molar-refractivity contribution is -0.276. The molecule has 0 spiro atoms. The Balaban J connectivity index is 0.000000371. The highest BCUT2D eigenvalue weighted by atomic mass is 19.4. The molecule has 0 aliphatic rings. The maximum absolute atomic E-state index is 11.9. The molecule has 0 radical (unpaired) electrons. The number of hydrogen-bond donors (Lipinski definition) is 0. The van der Waals surface area contributed by atoms with Crippen LogP contribution in [0.3, 0.4) is 0 Å². The van der Waals surface area contributed by atoms with E-state index < -0.39 is 12.2 Å². The molecule has 5 rings (SSSR count). The van der Waals surface area contributed by atoms with Crippen molar-refractivity contribution in [1.29, 1.82) is 0 Å². The summed E-state index contributed by atoms with van der Waals surface area (Å²) >= 11 is 0. The molecule has 0 saturated carbocycles. The third kappa shape index (κ3) is 21.1. The maximum atomic E-state index is 11.9. The minimum Gasteiger partial charge on any atom is -0.388 e. The summed E-state index contributed by atoms with van der Waals surface area (Å²) in [6, 6.07) is 12.2. The Hall–Kier alpha value is -4.81. The first-order valence-electron chi connectivity index (χ1n) is 19.9. The fraction of sp³-hybridized carbons (Fsp3) is 0.565. The highest BCUT2D eigenvalue weighted by Crippen LogP contribution is 2.26. The van der Waals surface area contributed by atoms with Gasteiger partial charge in [-0.1, -0.05) is 110 Å². The monoisotopic (exact) mass is 822 g/mol. The molecule has 326 valence electrons.